The van der Waals surface area contributed by atoms with Crippen LogP contribution in [0.25, 0.3) is 22.3 Å². The van der Waals surface area contributed by atoms with Crippen LogP contribution in [-0.2, 0) is 0 Å². The average Bonchev–Trinajstić information content (AvgIpc) is 2.97. The van der Waals surface area contributed by atoms with Crippen molar-refractivity contribution in [2.45, 2.75) is 19.6 Å². The fraction of sp³-hybridized carbons (Fsp3) is 0. The number of carbonyl (C=O) groups excluding carboxylic acids is 2. The second kappa shape index (κ2) is 11.3. The van der Waals surface area contributed by atoms with E-state index in [1.54, 1.807) is 0 Å². The summed E-state index contributed by atoms with van der Waals surface area (Å²) in [6, 6.07) is 4.32. The number of primary amides is 2. The fourth-order valence-electron chi connectivity index (χ4n) is 4.58. The van der Waals surface area contributed by atoms with Gasteiger partial charge in [0.15, 0.2) is 23.3 Å². The third-order valence-corrected chi connectivity index (χ3v) is 9.08. The van der Waals surface area contributed by atoms with Crippen molar-refractivity contribution in [1.82, 2.24) is 0 Å². The van der Waals surface area contributed by atoms with Crippen molar-refractivity contribution >= 4 is 46.7 Å². The minimum atomic E-state index is -2.58. The Labute approximate surface area is 256 Å². The van der Waals surface area contributed by atoms with E-state index in [1.807, 2.05) is 0 Å². The van der Waals surface area contributed by atoms with Crippen molar-refractivity contribution < 1.29 is 54.6 Å². The summed E-state index contributed by atoms with van der Waals surface area (Å²) in [7, 11) is 0. The first-order valence-corrected chi connectivity index (χ1v) is 13.4. The van der Waals surface area contributed by atoms with Gasteiger partial charge in [0.25, 0.3) is 0 Å². The summed E-state index contributed by atoms with van der Waals surface area (Å²) >= 11 is 1.05. The van der Waals surface area contributed by atoms with Crippen LogP contribution < -0.4 is 11.5 Å². The van der Waals surface area contributed by atoms with E-state index in [0.717, 1.165) is 6.07 Å². The molecule has 46 heavy (non-hydrogen) atoms. The highest BCUT2D eigenvalue weighted by atomic mass is 32.2. The molecular formula is C26H8F8N4O6S2. The predicted molar refractivity (Wildman–Crippen MR) is 142 cm³/mol. The van der Waals surface area contributed by atoms with E-state index in [1.165, 1.54) is 12.1 Å². The number of carbonyl (C=O) groups is 2. The van der Waals surface area contributed by atoms with Crippen molar-refractivity contribution in [1.29, 1.82) is 0 Å². The molecule has 0 saturated carbocycles. The molecule has 236 valence electrons. The summed E-state index contributed by atoms with van der Waals surface area (Å²) in [5, 5.41) is 22.2. The van der Waals surface area contributed by atoms with Gasteiger partial charge in [0.1, 0.15) is 0 Å². The summed E-state index contributed by atoms with van der Waals surface area (Å²) < 4.78 is 121. The number of nitrogens with zero attached hydrogens (tertiary/aromatic N) is 2. The number of halogens is 8. The lowest BCUT2D eigenvalue weighted by molar-refractivity contribution is -0.390. The van der Waals surface area contributed by atoms with Crippen molar-refractivity contribution in [2.75, 3.05) is 0 Å². The van der Waals surface area contributed by atoms with Gasteiger partial charge in [-0.1, -0.05) is 23.5 Å². The van der Waals surface area contributed by atoms with Gasteiger partial charge in [0.05, 0.1) is 26.5 Å². The maximum Gasteiger partial charge on any atom is 0.346 e. The van der Waals surface area contributed by atoms with Crippen molar-refractivity contribution in [3.63, 3.8) is 0 Å². The first-order valence-electron chi connectivity index (χ1n) is 11.8. The molecule has 0 radical (unpaired) electrons. The number of hydrogen-bond donors (Lipinski definition) is 2. The van der Waals surface area contributed by atoms with E-state index in [4.69, 9.17) is 11.5 Å². The van der Waals surface area contributed by atoms with Crippen LogP contribution in [0.5, 0.6) is 0 Å². The Morgan fingerprint density at radius 2 is 1.07 bits per heavy atom. The number of rotatable bonds is 6. The quantitative estimate of drug-likeness (QED) is 0.0852. The zero-order chi connectivity index (χ0) is 34.1. The van der Waals surface area contributed by atoms with Crippen LogP contribution in [0.2, 0.25) is 0 Å². The maximum absolute atomic E-state index is 15.5. The van der Waals surface area contributed by atoms with Crippen LogP contribution in [-0.4, -0.2) is 21.7 Å². The van der Waals surface area contributed by atoms with E-state index < -0.39 is 112 Å². The highest BCUT2D eigenvalue weighted by molar-refractivity contribution is 8.05. The van der Waals surface area contributed by atoms with Crippen LogP contribution in [0.1, 0.15) is 20.7 Å². The van der Waals surface area contributed by atoms with E-state index in [9.17, 15) is 47.4 Å². The second-order valence-electron chi connectivity index (χ2n) is 9.07. The first kappa shape index (κ1) is 32.2. The molecule has 20 heteroatoms. The minimum Gasteiger partial charge on any atom is -0.366 e. The second-order valence-corrected chi connectivity index (χ2v) is 11.2. The van der Waals surface area contributed by atoms with Crippen LogP contribution in [0.3, 0.4) is 0 Å². The van der Waals surface area contributed by atoms with Crippen LogP contribution >= 0.6 is 23.5 Å². The van der Waals surface area contributed by atoms with E-state index in [0.29, 0.717) is 29.6 Å². The molecule has 0 aromatic heterocycles. The van der Waals surface area contributed by atoms with Gasteiger partial charge < -0.3 is 11.5 Å². The molecule has 0 atom stereocenters. The van der Waals surface area contributed by atoms with Crippen molar-refractivity contribution in [2.24, 2.45) is 11.5 Å². The smallest absolute Gasteiger partial charge is 0.346 e. The Bertz CT molecular complexity index is 2070. The molecule has 0 fully saturated rings. The Kier molecular flexibility index (Phi) is 7.89. The number of fused-ring (bicyclic) bond motifs is 2. The molecule has 0 bridgehead atoms. The SMILES string of the molecule is NC(=O)c1ccc2c(c1)Sc1c(cc(-c3c(F)c(F)c([N+](=O)[O-])c(F)c3F)c(C(N)=O)c1-c1c(F)c(F)c([N+](=O)[O-])c(F)c1F)S2. The Morgan fingerprint density at radius 1 is 0.587 bits per heavy atom. The molecular weight excluding hydrogens is 680 g/mol. The predicted octanol–water partition coefficient (Wildman–Crippen LogP) is 6.76. The topological polar surface area (TPSA) is 172 Å². The third kappa shape index (κ3) is 4.76. The molecule has 1 aliphatic rings. The normalized spacial score (nSPS) is 12.0. The summed E-state index contributed by atoms with van der Waals surface area (Å²) in [4.78, 5) is 42.6. The molecule has 4 N–H and O–H groups in total. The van der Waals surface area contributed by atoms with Gasteiger partial charge >= 0.3 is 11.4 Å². The lowest BCUT2D eigenvalue weighted by atomic mass is 9.89. The highest BCUT2D eigenvalue weighted by Gasteiger charge is 2.40. The lowest BCUT2D eigenvalue weighted by Gasteiger charge is -2.26. The third-order valence-electron chi connectivity index (χ3n) is 6.52. The van der Waals surface area contributed by atoms with E-state index in [2.05, 4.69) is 0 Å². The number of hydrogen-bond acceptors (Lipinski definition) is 8. The molecule has 0 spiro atoms. The van der Waals surface area contributed by atoms with Crippen LogP contribution in [0, 0.1) is 66.8 Å². The van der Waals surface area contributed by atoms with Crippen LogP contribution in [0.15, 0.2) is 43.8 Å². The van der Waals surface area contributed by atoms with E-state index >= 15 is 17.6 Å². The zero-order valence-corrected chi connectivity index (χ0v) is 23.3. The summed E-state index contributed by atoms with van der Waals surface area (Å²) in [6.45, 7) is 0. The summed E-state index contributed by atoms with van der Waals surface area (Å²) in [5.41, 5.74) is -1.71. The largest absolute Gasteiger partial charge is 0.366 e. The van der Waals surface area contributed by atoms with Crippen molar-refractivity contribution in [3.8, 4) is 22.3 Å². The van der Waals surface area contributed by atoms with Crippen LogP contribution in [0.4, 0.5) is 46.5 Å². The number of nitro groups is 2. The molecule has 0 unspecified atom stereocenters. The summed E-state index contributed by atoms with van der Waals surface area (Å²) in [6.07, 6.45) is 0. The van der Waals surface area contributed by atoms with Gasteiger partial charge in [-0.25, -0.2) is 17.6 Å². The molecule has 4 aromatic rings. The summed E-state index contributed by atoms with van der Waals surface area (Å²) in [5.74, 6) is -23.0. The minimum absolute atomic E-state index is 0.0617. The van der Waals surface area contributed by atoms with Gasteiger partial charge in [0, 0.05) is 36.3 Å². The van der Waals surface area contributed by atoms with Gasteiger partial charge in [-0.15, -0.1) is 0 Å². The Hall–Kier alpha value is -5.24. The number of benzene rings is 4. The molecule has 0 aliphatic carbocycles. The van der Waals surface area contributed by atoms with Crippen molar-refractivity contribution in [3.05, 3.63) is 102 Å². The molecule has 1 heterocycles. The molecule has 0 saturated heterocycles. The standard InChI is InChI=1S/C26H8F8N4O6S2/c27-14-11(15(28)19(32)22(18(14)31)37(41)42)6-4-9-24(46-8-3-5(25(35)39)1-2-7(8)45-9)12(10(6)26(36)40)13-16(29)20(33)23(38(43)44)21(34)17(13)30/h1-4H,(H2,35,39)(H2,36,40). The zero-order valence-electron chi connectivity index (χ0n) is 21.6. The molecule has 10 nitrogen and oxygen atoms in total. The molecule has 5 rings (SSSR count). The van der Waals surface area contributed by atoms with E-state index in [-0.39, 0.29) is 20.2 Å². The number of amides is 2. The van der Waals surface area contributed by atoms with Gasteiger partial charge in [0.2, 0.25) is 35.1 Å². The van der Waals surface area contributed by atoms with Gasteiger partial charge in [-0.2, -0.15) is 17.6 Å². The number of nitrogens with two attached hydrogens (primary N) is 2. The molecule has 4 aromatic carbocycles. The first-order chi connectivity index (χ1) is 21.5. The fourth-order valence-corrected chi connectivity index (χ4v) is 7.02. The maximum atomic E-state index is 15.5. The average molecular weight is 688 g/mol. The Balaban J connectivity index is 2.01. The monoisotopic (exact) mass is 688 g/mol. The lowest BCUT2D eigenvalue weighted by Crippen LogP contribution is -2.18. The molecule has 2 amide bonds. The Morgan fingerprint density at radius 3 is 1.50 bits per heavy atom. The van der Waals surface area contributed by atoms with Gasteiger partial charge in [-0.05, 0) is 24.3 Å². The number of nitro benzene ring substituents is 2. The molecule has 1 aliphatic heterocycles. The highest BCUT2D eigenvalue weighted by Crippen LogP contribution is 2.56. The van der Waals surface area contributed by atoms with Gasteiger partial charge in [-0.3, -0.25) is 29.8 Å².